The van der Waals surface area contributed by atoms with Gasteiger partial charge in [-0.1, -0.05) is 20.3 Å². The van der Waals surface area contributed by atoms with Gasteiger partial charge in [-0.2, -0.15) is 5.10 Å². The van der Waals surface area contributed by atoms with E-state index >= 15 is 0 Å². The van der Waals surface area contributed by atoms with Gasteiger partial charge in [0.05, 0.1) is 18.5 Å². The van der Waals surface area contributed by atoms with E-state index in [0.717, 1.165) is 56.2 Å². The summed E-state index contributed by atoms with van der Waals surface area (Å²) in [5, 5.41) is 11.3. The van der Waals surface area contributed by atoms with Crippen LogP contribution in [-0.4, -0.2) is 28.8 Å². The van der Waals surface area contributed by atoms with Crippen LogP contribution in [0.5, 0.6) is 0 Å². The van der Waals surface area contributed by atoms with E-state index in [1.54, 1.807) is 6.26 Å². The maximum absolute atomic E-state index is 5.36. The van der Waals surface area contributed by atoms with Crippen LogP contribution in [0.4, 0.5) is 0 Å². The first-order valence-corrected chi connectivity index (χ1v) is 8.78. The Hall–Kier alpha value is -2.24. The van der Waals surface area contributed by atoms with Crippen LogP contribution in [0.1, 0.15) is 43.7 Å². The molecule has 2 N–H and O–H groups in total. The molecule has 0 fully saturated rings. The molecule has 0 aromatic carbocycles. The van der Waals surface area contributed by atoms with Gasteiger partial charge in [-0.05, 0) is 25.0 Å². The summed E-state index contributed by atoms with van der Waals surface area (Å²) in [7, 11) is 1.95. The van der Waals surface area contributed by atoms with Crippen LogP contribution in [0, 0.1) is 0 Å². The van der Waals surface area contributed by atoms with Crippen LogP contribution in [0.25, 0.3) is 0 Å². The number of hydrogen-bond acceptors (Lipinski definition) is 3. The maximum atomic E-state index is 5.36. The first-order chi connectivity index (χ1) is 11.7. The fourth-order valence-electron chi connectivity index (χ4n) is 2.49. The van der Waals surface area contributed by atoms with E-state index in [0.29, 0.717) is 6.54 Å². The molecule has 0 aliphatic carbocycles. The molecule has 0 bridgehead atoms. The van der Waals surface area contributed by atoms with Crippen LogP contribution >= 0.6 is 0 Å². The van der Waals surface area contributed by atoms with Crippen molar-refractivity contribution < 1.29 is 4.42 Å². The molecule has 0 spiro atoms. The average Bonchev–Trinajstić information content (AvgIpc) is 3.21. The van der Waals surface area contributed by atoms with Gasteiger partial charge in [0.2, 0.25) is 0 Å². The number of nitrogens with one attached hydrogen (secondary N) is 2. The third-order valence-corrected chi connectivity index (χ3v) is 3.80. The van der Waals surface area contributed by atoms with Crippen molar-refractivity contribution in [2.75, 3.05) is 13.1 Å². The minimum absolute atomic E-state index is 0.638. The monoisotopic (exact) mass is 331 g/mol. The largest absolute Gasteiger partial charge is 0.469 e. The van der Waals surface area contributed by atoms with Gasteiger partial charge in [-0.3, -0.25) is 4.68 Å². The van der Waals surface area contributed by atoms with E-state index < -0.39 is 0 Å². The lowest BCUT2D eigenvalue weighted by molar-refractivity contribution is 0.506. The summed E-state index contributed by atoms with van der Waals surface area (Å²) in [6.07, 6.45) is 7.82. The first-order valence-electron chi connectivity index (χ1n) is 8.78. The lowest BCUT2D eigenvalue weighted by Crippen LogP contribution is -2.38. The number of aliphatic imine (C=N–C) groups is 1. The highest BCUT2D eigenvalue weighted by Gasteiger charge is 2.06. The molecule has 132 valence electrons. The zero-order valence-corrected chi connectivity index (χ0v) is 15.0. The zero-order chi connectivity index (χ0) is 17.2. The smallest absolute Gasteiger partial charge is 0.191 e. The van der Waals surface area contributed by atoms with Crippen LogP contribution in [-0.2, 0) is 26.4 Å². The summed E-state index contributed by atoms with van der Waals surface area (Å²) in [6, 6.07) is 3.91. The minimum atomic E-state index is 0.638. The molecule has 6 heteroatoms. The Morgan fingerprint density at radius 3 is 2.83 bits per heavy atom. The minimum Gasteiger partial charge on any atom is -0.469 e. The van der Waals surface area contributed by atoms with Crippen molar-refractivity contribution in [2.24, 2.45) is 12.0 Å². The van der Waals surface area contributed by atoms with Crippen molar-refractivity contribution in [1.82, 2.24) is 20.4 Å². The zero-order valence-electron chi connectivity index (χ0n) is 15.0. The number of unbranched alkanes of at least 4 members (excludes halogenated alkanes) is 1. The van der Waals surface area contributed by atoms with E-state index in [4.69, 9.17) is 9.41 Å². The number of nitrogens with zero attached hydrogens (tertiary/aromatic N) is 3. The average molecular weight is 331 g/mol. The van der Waals surface area contributed by atoms with Gasteiger partial charge in [-0.15, -0.1) is 0 Å². The molecule has 6 nitrogen and oxygen atoms in total. The lowest BCUT2D eigenvalue weighted by Gasteiger charge is -2.12. The summed E-state index contributed by atoms with van der Waals surface area (Å²) in [6.45, 7) is 6.67. The molecular formula is C18H29N5O. The van der Waals surface area contributed by atoms with Crippen molar-refractivity contribution in [3.05, 3.63) is 41.6 Å². The Morgan fingerprint density at radius 1 is 1.29 bits per heavy atom. The molecule has 0 aliphatic heterocycles. The summed E-state index contributed by atoms with van der Waals surface area (Å²) < 4.78 is 7.22. The van der Waals surface area contributed by atoms with Gasteiger partial charge in [0.25, 0.3) is 0 Å². The van der Waals surface area contributed by atoms with E-state index in [1.165, 1.54) is 5.56 Å². The van der Waals surface area contributed by atoms with E-state index in [-0.39, 0.29) is 0 Å². The number of guanidine groups is 1. The predicted molar refractivity (Wildman–Crippen MR) is 97.1 cm³/mol. The molecule has 0 radical (unpaired) electrons. The summed E-state index contributed by atoms with van der Waals surface area (Å²) in [5.41, 5.74) is 2.30. The second-order valence-corrected chi connectivity index (χ2v) is 5.83. The van der Waals surface area contributed by atoms with Crippen LogP contribution in [0.3, 0.4) is 0 Å². The fourth-order valence-corrected chi connectivity index (χ4v) is 2.49. The second kappa shape index (κ2) is 9.80. The third-order valence-electron chi connectivity index (χ3n) is 3.80. The Labute approximate surface area is 144 Å². The van der Waals surface area contributed by atoms with Gasteiger partial charge in [0.15, 0.2) is 5.96 Å². The molecule has 0 saturated heterocycles. The Balaban J connectivity index is 1.92. The highest BCUT2D eigenvalue weighted by Crippen LogP contribution is 2.08. The summed E-state index contributed by atoms with van der Waals surface area (Å²) >= 11 is 0. The topological polar surface area (TPSA) is 67.4 Å². The molecule has 0 atom stereocenters. The number of aromatic nitrogens is 2. The summed E-state index contributed by atoms with van der Waals surface area (Å²) in [4.78, 5) is 4.72. The highest BCUT2D eigenvalue weighted by atomic mass is 16.3. The number of aryl methyl sites for hydroxylation is 2. The molecule has 0 amide bonds. The SMILES string of the molecule is CCCCNC(=NCc1cn(C)nc1CC)NCCc1ccco1. The van der Waals surface area contributed by atoms with Gasteiger partial charge in [0, 0.05) is 38.3 Å². The van der Waals surface area contributed by atoms with Crippen molar-refractivity contribution >= 4 is 5.96 Å². The number of furan rings is 1. The fraction of sp³-hybridized carbons (Fsp3) is 0.556. The van der Waals surface area contributed by atoms with Crippen LogP contribution in [0.2, 0.25) is 0 Å². The normalized spacial score (nSPS) is 11.7. The number of hydrogen-bond donors (Lipinski definition) is 2. The Bertz CT molecular complexity index is 615. The van der Waals surface area contributed by atoms with E-state index in [9.17, 15) is 0 Å². The molecule has 2 aromatic heterocycles. The quantitative estimate of drug-likeness (QED) is 0.421. The molecule has 2 rings (SSSR count). The molecule has 0 unspecified atom stereocenters. The van der Waals surface area contributed by atoms with E-state index in [1.807, 2.05) is 23.9 Å². The van der Waals surface area contributed by atoms with Crippen molar-refractivity contribution in [2.45, 2.75) is 46.1 Å². The van der Waals surface area contributed by atoms with Gasteiger partial charge < -0.3 is 15.1 Å². The molecular weight excluding hydrogens is 302 g/mol. The molecule has 24 heavy (non-hydrogen) atoms. The third kappa shape index (κ3) is 5.76. The Kier molecular flexibility index (Phi) is 7.39. The summed E-state index contributed by atoms with van der Waals surface area (Å²) in [5.74, 6) is 1.83. The van der Waals surface area contributed by atoms with Crippen LogP contribution in [0.15, 0.2) is 34.0 Å². The second-order valence-electron chi connectivity index (χ2n) is 5.83. The maximum Gasteiger partial charge on any atom is 0.191 e. The number of rotatable bonds is 9. The van der Waals surface area contributed by atoms with Gasteiger partial charge in [-0.25, -0.2) is 4.99 Å². The van der Waals surface area contributed by atoms with E-state index in [2.05, 4.69) is 35.8 Å². The van der Waals surface area contributed by atoms with Crippen LogP contribution < -0.4 is 10.6 Å². The van der Waals surface area contributed by atoms with Crippen molar-refractivity contribution in [1.29, 1.82) is 0 Å². The van der Waals surface area contributed by atoms with Crippen molar-refractivity contribution in [3.63, 3.8) is 0 Å². The Morgan fingerprint density at radius 2 is 2.12 bits per heavy atom. The standard InChI is InChI=1S/C18H29N5O/c1-4-6-10-19-18(20-11-9-16-8-7-12-24-16)21-13-15-14-23(3)22-17(15)5-2/h7-8,12,14H,4-6,9-11,13H2,1-3H3,(H2,19,20,21). The van der Waals surface area contributed by atoms with Gasteiger partial charge in [0.1, 0.15) is 5.76 Å². The first kappa shape index (κ1) is 18.1. The molecule has 2 aromatic rings. The predicted octanol–water partition coefficient (Wildman–Crippen LogP) is 2.65. The molecule has 2 heterocycles. The molecule has 0 aliphatic rings. The molecule has 0 saturated carbocycles. The van der Waals surface area contributed by atoms with Crippen molar-refractivity contribution in [3.8, 4) is 0 Å². The van der Waals surface area contributed by atoms with Gasteiger partial charge >= 0.3 is 0 Å². The lowest BCUT2D eigenvalue weighted by atomic mass is 10.2. The highest BCUT2D eigenvalue weighted by molar-refractivity contribution is 5.79.